The van der Waals surface area contributed by atoms with Crippen molar-refractivity contribution in [2.45, 2.75) is 10.0 Å². The number of benzene rings is 1. The first-order valence-corrected chi connectivity index (χ1v) is 4.97. The zero-order valence-corrected chi connectivity index (χ0v) is 8.88. The third-order valence-electron chi connectivity index (χ3n) is 1.65. The zero-order chi connectivity index (χ0) is 9.84. The van der Waals surface area contributed by atoms with Gasteiger partial charge >= 0.3 is 5.97 Å². The Morgan fingerprint density at radius 2 is 1.85 bits per heavy atom. The molecule has 1 aromatic rings. The Bertz CT molecular complexity index is 286. The van der Waals surface area contributed by atoms with Crippen LogP contribution in [0.5, 0.6) is 0 Å². The Kier molecular flexibility index (Phi) is 3.68. The van der Waals surface area contributed by atoms with Gasteiger partial charge in [0, 0.05) is 0 Å². The van der Waals surface area contributed by atoms with Crippen LogP contribution in [0, 0.1) is 0 Å². The molecule has 3 nitrogen and oxygen atoms in total. The number of halogens is 1. The molecule has 2 N–H and O–H groups in total. The predicted octanol–water partition coefficient (Wildman–Crippen LogP) is 1.61. The number of carboxylic acids is 1. The molecule has 0 unspecified atom stereocenters. The molecule has 0 heterocycles. The van der Waals surface area contributed by atoms with Gasteiger partial charge in [0.2, 0.25) is 0 Å². The van der Waals surface area contributed by atoms with Crippen LogP contribution in [-0.4, -0.2) is 20.1 Å². The van der Waals surface area contributed by atoms with Crippen LogP contribution in [0.4, 0.5) is 0 Å². The van der Waals surface area contributed by atoms with Crippen molar-refractivity contribution in [1.29, 1.82) is 0 Å². The van der Waals surface area contributed by atoms with Crippen LogP contribution in [0.25, 0.3) is 0 Å². The maximum atomic E-state index is 10.5. The average molecular weight is 292 g/mol. The van der Waals surface area contributed by atoms with Crippen LogP contribution in [-0.2, 0) is 4.79 Å². The second-order valence-electron chi connectivity index (χ2n) is 2.60. The highest BCUT2D eigenvalue weighted by atomic mass is 127. The van der Waals surface area contributed by atoms with Crippen molar-refractivity contribution in [1.82, 2.24) is 0 Å². The Morgan fingerprint density at radius 3 is 2.31 bits per heavy atom. The van der Waals surface area contributed by atoms with Crippen LogP contribution < -0.4 is 0 Å². The Labute approximate surface area is 89.5 Å². The highest BCUT2D eigenvalue weighted by molar-refractivity contribution is 14.1. The second-order valence-corrected chi connectivity index (χ2v) is 3.94. The molecule has 13 heavy (non-hydrogen) atoms. The lowest BCUT2D eigenvalue weighted by molar-refractivity contribution is -0.137. The van der Waals surface area contributed by atoms with Gasteiger partial charge in [-0.05, 0) is 5.56 Å². The molecule has 0 amide bonds. The Morgan fingerprint density at radius 1 is 1.31 bits per heavy atom. The maximum Gasteiger partial charge on any atom is 0.319 e. The van der Waals surface area contributed by atoms with E-state index in [1.54, 1.807) is 46.9 Å². The Balaban J connectivity index is 2.79. The van der Waals surface area contributed by atoms with Crippen molar-refractivity contribution in [3.63, 3.8) is 0 Å². The first-order valence-electron chi connectivity index (χ1n) is 3.73. The van der Waals surface area contributed by atoms with Gasteiger partial charge < -0.3 is 10.2 Å². The lowest BCUT2D eigenvalue weighted by Gasteiger charge is -2.13. The summed E-state index contributed by atoms with van der Waals surface area (Å²) in [6, 6.07) is 8.77. The lowest BCUT2D eigenvalue weighted by atomic mass is 10.1. The summed E-state index contributed by atoms with van der Waals surface area (Å²) in [5.74, 6) is -1.00. The number of carbonyl (C=O) groups is 1. The first kappa shape index (κ1) is 10.5. The molecule has 0 fully saturated rings. The molecule has 1 rings (SSSR count). The summed E-state index contributed by atoms with van der Waals surface area (Å²) in [5.41, 5.74) is 0.629. The van der Waals surface area contributed by atoms with E-state index in [0.29, 0.717) is 5.56 Å². The van der Waals surface area contributed by atoms with Crippen LogP contribution in [0.2, 0.25) is 0 Å². The van der Waals surface area contributed by atoms with E-state index in [-0.39, 0.29) is 0 Å². The predicted molar refractivity (Wildman–Crippen MR) is 56.8 cm³/mol. The smallest absolute Gasteiger partial charge is 0.319 e. The van der Waals surface area contributed by atoms with Crippen molar-refractivity contribution in [3.8, 4) is 0 Å². The molecule has 0 bridgehead atoms. The number of hydrogen-bond acceptors (Lipinski definition) is 2. The van der Waals surface area contributed by atoms with E-state index >= 15 is 0 Å². The Hall–Kier alpha value is -0.620. The van der Waals surface area contributed by atoms with Crippen molar-refractivity contribution in [2.75, 3.05) is 0 Å². The number of aliphatic hydroxyl groups excluding tert-OH is 1. The highest BCUT2D eigenvalue weighted by Crippen LogP contribution is 2.22. The van der Waals surface area contributed by atoms with E-state index in [1.807, 2.05) is 6.07 Å². The molecule has 0 aromatic heterocycles. The normalized spacial score (nSPS) is 14.9. The van der Waals surface area contributed by atoms with Gasteiger partial charge in [-0.1, -0.05) is 52.9 Å². The largest absolute Gasteiger partial charge is 0.480 e. The molecule has 0 spiro atoms. The number of rotatable bonds is 3. The van der Waals surface area contributed by atoms with Crippen LogP contribution in [0.1, 0.15) is 11.7 Å². The van der Waals surface area contributed by atoms with Gasteiger partial charge in [0.15, 0.2) is 0 Å². The van der Waals surface area contributed by atoms with Gasteiger partial charge in [0.05, 0.1) is 0 Å². The number of aliphatic hydroxyl groups is 1. The van der Waals surface area contributed by atoms with E-state index in [4.69, 9.17) is 5.11 Å². The summed E-state index contributed by atoms with van der Waals surface area (Å²) in [6.45, 7) is 0. The third kappa shape index (κ3) is 2.67. The quantitative estimate of drug-likeness (QED) is 0.657. The monoisotopic (exact) mass is 292 g/mol. The fraction of sp³-hybridized carbons (Fsp3) is 0.222. The minimum absolute atomic E-state index is 0.629. The minimum atomic E-state index is -1.00. The molecule has 0 saturated heterocycles. The molecular formula is C9H9IO3. The van der Waals surface area contributed by atoms with Crippen LogP contribution >= 0.6 is 22.6 Å². The summed E-state index contributed by atoms with van der Waals surface area (Å²) in [6.07, 6.45) is -0.945. The molecule has 0 radical (unpaired) electrons. The van der Waals surface area contributed by atoms with E-state index in [0.717, 1.165) is 0 Å². The fourth-order valence-electron chi connectivity index (χ4n) is 0.954. The summed E-state index contributed by atoms with van der Waals surface area (Å²) < 4.78 is -0.806. The molecule has 0 aliphatic rings. The van der Waals surface area contributed by atoms with Gasteiger partial charge in [0.25, 0.3) is 0 Å². The van der Waals surface area contributed by atoms with E-state index < -0.39 is 16.0 Å². The van der Waals surface area contributed by atoms with Crippen molar-refractivity contribution in [2.24, 2.45) is 0 Å². The van der Waals surface area contributed by atoms with Gasteiger partial charge in [-0.3, -0.25) is 4.79 Å². The van der Waals surface area contributed by atoms with E-state index in [1.165, 1.54) is 0 Å². The third-order valence-corrected chi connectivity index (χ3v) is 2.87. The number of hydrogen-bond donors (Lipinski definition) is 2. The summed E-state index contributed by atoms with van der Waals surface area (Å²) in [7, 11) is 0. The number of alkyl halides is 1. The van der Waals surface area contributed by atoms with Crippen LogP contribution in [0.15, 0.2) is 30.3 Å². The minimum Gasteiger partial charge on any atom is -0.480 e. The molecule has 0 aliphatic heterocycles. The topological polar surface area (TPSA) is 57.5 Å². The number of carboxylic acid groups (broad SMARTS) is 1. The van der Waals surface area contributed by atoms with Gasteiger partial charge in [-0.15, -0.1) is 0 Å². The molecule has 2 atom stereocenters. The SMILES string of the molecule is O=C(O)[C@H](I)[C@H](O)c1ccccc1. The van der Waals surface area contributed by atoms with Crippen molar-refractivity contribution >= 4 is 28.6 Å². The number of aliphatic carboxylic acids is 1. The van der Waals surface area contributed by atoms with Crippen molar-refractivity contribution in [3.05, 3.63) is 35.9 Å². The molecule has 4 heteroatoms. The van der Waals surface area contributed by atoms with Crippen LogP contribution in [0.3, 0.4) is 0 Å². The first-order chi connectivity index (χ1) is 6.13. The summed E-state index contributed by atoms with van der Waals surface area (Å²) >= 11 is 1.71. The van der Waals surface area contributed by atoms with Crippen molar-refractivity contribution < 1.29 is 15.0 Å². The zero-order valence-electron chi connectivity index (χ0n) is 6.72. The lowest BCUT2D eigenvalue weighted by Crippen LogP contribution is -2.21. The van der Waals surface area contributed by atoms with Gasteiger partial charge in [-0.2, -0.15) is 0 Å². The summed E-state index contributed by atoms with van der Waals surface area (Å²) in [4.78, 5) is 10.5. The van der Waals surface area contributed by atoms with Gasteiger partial charge in [-0.25, -0.2) is 0 Å². The molecule has 1 aromatic carbocycles. The van der Waals surface area contributed by atoms with E-state index in [2.05, 4.69) is 0 Å². The maximum absolute atomic E-state index is 10.5. The average Bonchev–Trinajstić information content (AvgIpc) is 2.17. The fourth-order valence-corrected chi connectivity index (χ4v) is 1.37. The molecule has 0 saturated carbocycles. The molecular weight excluding hydrogens is 283 g/mol. The highest BCUT2D eigenvalue weighted by Gasteiger charge is 2.24. The molecule has 0 aliphatic carbocycles. The molecule has 70 valence electrons. The second kappa shape index (κ2) is 4.57. The standard InChI is InChI=1S/C9H9IO3/c10-7(9(12)13)8(11)6-4-2-1-3-5-6/h1-5,7-8,11H,(H,12,13)/t7-,8-/m1/s1. The van der Waals surface area contributed by atoms with Gasteiger partial charge in [0.1, 0.15) is 10.0 Å². The summed E-state index contributed by atoms with van der Waals surface area (Å²) in [5, 5.41) is 18.2. The van der Waals surface area contributed by atoms with E-state index in [9.17, 15) is 9.90 Å².